The summed E-state index contributed by atoms with van der Waals surface area (Å²) >= 11 is 0. The van der Waals surface area contributed by atoms with Crippen molar-refractivity contribution < 1.29 is 9.47 Å². The maximum Gasteiger partial charge on any atom is 0.119 e. The van der Waals surface area contributed by atoms with Crippen LogP contribution in [0.1, 0.15) is 22.3 Å². The lowest BCUT2D eigenvalue weighted by atomic mass is 9.90. The zero-order valence-corrected chi connectivity index (χ0v) is 13.9. The largest absolute Gasteiger partial charge is 0.491 e. The number of aryl methyl sites for hydroxylation is 2. The standard InChI is InChI=1S/C19H25NO2/c1-13-10-17(22-9-8-21-4)11-14(2)19(13)18-7-5-6-16(12-20)15(18)3/h5-7,10-11H,8-9,12,20H2,1-4H3. The van der Waals surface area contributed by atoms with E-state index >= 15 is 0 Å². The maximum absolute atomic E-state index is 5.83. The summed E-state index contributed by atoms with van der Waals surface area (Å²) in [6.45, 7) is 8.11. The van der Waals surface area contributed by atoms with Crippen LogP contribution < -0.4 is 10.5 Å². The predicted octanol–water partition coefficient (Wildman–Crippen LogP) is 3.76. The van der Waals surface area contributed by atoms with Crippen LogP contribution in [0.4, 0.5) is 0 Å². The topological polar surface area (TPSA) is 44.5 Å². The van der Waals surface area contributed by atoms with Crippen molar-refractivity contribution in [1.82, 2.24) is 0 Å². The molecular weight excluding hydrogens is 274 g/mol. The maximum atomic E-state index is 5.83. The van der Waals surface area contributed by atoms with Crippen molar-refractivity contribution in [1.29, 1.82) is 0 Å². The molecular formula is C19H25NO2. The fourth-order valence-electron chi connectivity index (χ4n) is 2.85. The zero-order chi connectivity index (χ0) is 16.1. The van der Waals surface area contributed by atoms with E-state index in [0.717, 1.165) is 5.75 Å². The molecule has 0 saturated heterocycles. The van der Waals surface area contributed by atoms with E-state index < -0.39 is 0 Å². The van der Waals surface area contributed by atoms with Crippen LogP contribution in [-0.4, -0.2) is 20.3 Å². The Hall–Kier alpha value is -1.84. The fraction of sp³-hybridized carbons (Fsp3) is 0.368. The van der Waals surface area contributed by atoms with E-state index in [9.17, 15) is 0 Å². The van der Waals surface area contributed by atoms with E-state index in [1.165, 1.54) is 33.4 Å². The van der Waals surface area contributed by atoms with E-state index in [4.69, 9.17) is 15.2 Å². The molecule has 22 heavy (non-hydrogen) atoms. The van der Waals surface area contributed by atoms with Gasteiger partial charge in [-0.15, -0.1) is 0 Å². The summed E-state index contributed by atoms with van der Waals surface area (Å²) in [5, 5.41) is 0. The van der Waals surface area contributed by atoms with Gasteiger partial charge in [0.25, 0.3) is 0 Å². The molecule has 0 aromatic heterocycles. The van der Waals surface area contributed by atoms with Crippen molar-refractivity contribution in [2.75, 3.05) is 20.3 Å². The molecule has 3 heteroatoms. The van der Waals surface area contributed by atoms with E-state index in [0.29, 0.717) is 19.8 Å². The minimum Gasteiger partial charge on any atom is -0.491 e. The Morgan fingerprint density at radius 3 is 2.27 bits per heavy atom. The highest BCUT2D eigenvalue weighted by Crippen LogP contribution is 2.34. The van der Waals surface area contributed by atoms with Gasteiger partial charge in [-0.1, -0.05) is 18.2 Å². The molecule has 2 rings (SSSR count). The molecule has 0 spiro atoms. The lowest BCUT2D eigenvalue weighted by Crippen LogP contribution is -2.05. The zero-order valence-electron chi connectivity index (χ0n) is 13.9. The Labute approximate surface area is 133 Å². The third kappa shape index (κ3) is 3.49. The number of nitrogens with two attached hydrogens (primary N) is 1. The Kier molecular flexibility index (Phi) is 5.58. The summed E-state index contributed by atoms with van der Waals surface area (Å²) in [6.07, 6.45) is 0. The van der Waals surface area contributed by atoms with Gasteiger partial charge in [0.05, 0.1) is 6.61 Å². The number of hydrogen-bond acceptors (Lipinski definition) is 3. The normalized spacial score (nSPS) is 10.8. The minimum absolute atomic E-state index is 0.565. The number of ether oxygens (including phenoxy) is 2. The lowest BCUT2D eigenvalue weighted by Gasteiger charge is -2.17. The van der Waals surface area contributed by atoms with E-state index in [1.807, 2.05) is 0 Å². The molecule has 118 valence electrons. The molecule has 0 aliphatic heterocycles. The summed E-state index contributed by atoms with van der Waals surface area (Å²) in [7, 11) is 1.68. The lowest BCUT2D eigenvalue weighted by molar-refractivity contribution is 0.146. The SMILES string of the molecule is COCCOc1cc(C)c(-c2cccc(CN)c2C)c(C)c1. The van der Waals surface area contributed by atoms with Crippen LogP contribution >= 0.6 is 0 Å². The summed E-state index contributed by atoms with van der Waals surface area (Å²) in [5.74, 6) is 0.892. The molecule has 0 radical (unpaired) electrons. The van der Waals surface area contributed by atoms with Crippen LogP contribution in [0.15, 0.2) is 30.3 Å². The average molecular weight is 299 g/mol. The van der Waals surface area contributed by atoms with Gasteiger partial charge in [-0.2, -0.15) is 0 Å². The second kappa shape index (κ2) is 7.43. The number of benzene rings is 2. The molecule has 0 atom stereocenters. The van der Waals surface area contributed by atoms with E-state index in [1.54, 1.807) is 7.11 Å². The monoisotopic (exact) mass is 299 g/mol. The molecule has 2 N–H and O–H groups in total. The first-order valence-corrected chi connectivity index (χ1v) is 7.60. The highest BCUT2D eigenvalue weighted by Gasteiger charge is 2.12. The van der Waals surface area contributed by atoms with Crippen molar-refractivity contribution in [3.05, 3.63) is 52.6 Å². The summed E-state index contributed by atoms with van der Waals surface area (Å²) in [4.78, 5) is 0. The quantitative estimate of drug-likeness (QED) is 0.826. The Balaban J connectivity index is 2.40. The van der Waals surface area contributed by atoms with Crippen molar-refractivity contribution in [2.24, 2.45) is 5.73 Å². The van der Waals surface area contributed by atoms with Crippen LogP contribution in [0.3, 0.4) is 0 Å². The van der Waals surface area contributed by atoms with Gasteiger partial charge in [0.2, 0.25) is 0 Å². The van der Waals surface area contributed by atoms with Crippen molar-refractivity contribution in [2.45, 2.75) is 27.3 Å². The minimum atomic E-state index is 0.565. The summed E-state index contributed by atoms with van der Waals surface area (Å²) in [5.41, 5.74) is 13.2. The molecule has 0 unspecified atom stereocenters. The first-order chi connectivity index (χ1) is 10.6. The molecule has 0 aliphatic carbocycles. The van der Waals surface area contributed by atoms with E-state index in [2.05, 4.69) is 51.1 Å². The Morgan fingerprint density at radius 1 is 1.00 bits per heavy atom. The molecule has 0 heterocycles. The van der Waals surface area contributed by atoms with Crippen LogP contribution in [0, 0.1) is 20.8 Å². The van der Waals surface area contributed by atoms with Gasteiger partial charge >= 0.3 is 0 Å². The van der Waals surface area contributed by atoms with Crippen LogP contribution in [0.2, 0.25) is 0 Å². The first-order valence-electron chi connectivity index (χ1n) is 7.60. The molecule has 2 aromatic rings. The number of methoxy groups -OCH3 is 1. The predicted molar refractivity (Wildman–Crippen MR) is 91.4 cm³/mol. The van der Waals surface area contributed by atoms with Crippen LogP contribution in [-0.2, 0) is 11.3 Å². The van der Waals surface area contributed by atoms with Crippen molar-refractivity contribution >= 4 is 0 Å². The summed E-state index contributed by atoms with van der Waals surface area (Å²) < 4.78 is 10.8. The number of rotatable bonds is 6. The average Bonchev–Trinajstić information content (AvgIpc) is 2.48. The molecule has 0 amide bonds. The van der Waals surface area contributed by atoms with Gasteiger partial charge in [0.1, 0.15) is 12.4 Å². The second-order valence-electron chi connectivity index (χ2n) is 5.57. The van der Waals surface area contributed by atoms with Gasteiger partial charge in [-0.3, -0.25) is 0 Å². The Bertz CT molecular complexity index is 627. The van der Waals surface area contributed by atoms with Gasteiger partial charge in [-0.05, 0) is 66.3 Å². The molecule has 0 aliphatic rings. The third-order valence-corrected chi connectivity index (χ3v) is 4.00. The molecule has 0 saturated carbocycles. The fourth-order valence-corrected chi connectivity index (χ4v) is 2.85. The van der Waals surface area contributed by atoms with Crippen molar-refractivity contribution in [3.63, 3.8) is 0 Å². The number of hydrogen-bond donors (Lipinski definition) is 1. The molecule has 2 aromatic carbocycles. The molecule has 0 fully saturated rings. The highest BCUT2D eigenvalue weighted by atomic mass is 16.5. The van der Waals surface area contributed by atoms with Gasteiger partial charge in [0.15, 0.2) is 0 Å². The Morgan fingerprint density at radius 2 is 1.68 bits per heavy atom. The highest BCUT2D eigenvalue weighted by molar-refractivity contribution is 5.75. The van der Waals surface area contributed by atoms with Crippen LogP contribution in [0.5, 0.6) is 5.75 Å². The summed E-state index contributed by atoms with van der Waals surface area (Å²) in [6, 6.07) is 10.5. The van der Waals surface area contributed by atoms with E-state index in [-0.39, 0.29) is 0 Å². The smallest absolute Gasteiger partial charge is 0.119 e. The molecule has 0 bridgehead atoms. The van der Waals surface area contributed by atoms with Gasteiger partial charge in [0, 0.05) is 13.7 Å². The first kappa shape index (κ1) is 16.5. The van der Waals surface area contributed by atoms with Gasteiger partial charge in [-0.25, -0.2) is 0 Å². The van der Waals surface area contributed by atoms with Crippen LogP contribution in [0.25, 0.3) is 11.1 Å². The van der Waals surface area contributed by atoms with Crippen molar-refractivity contribution in [3.8, 4) is 16.9 Å². The van der Waals surface area contributed by atoms with Gasteiger partial charge < -0.3 is 15.2 Å². The third-order valence-electron chi connectivity index (χ3n) is 4.00. The molecule has 3 nitrogen and oxygen atoms in total. The second-order valence-corrected chi connectivity index (χ2v) is 5.57.